The van der Waals surface area contributed by atoms with Gasteiger partial charge in [-0.15, -0.1) is 0 Å². The average Bonchev–Trinajstić information content (AvgIpc) is 2.74. The minimum absolute atomic E-state index is 0.0425. The molecule has 0 atom stereocenters. The summed E-state index contributed by atoms with van der Waals surface area (Å²) >= 11 is 0. The summed E-state index contributed by atoms with van der Waals surface area (Å²) in [4.78, 5) is 11.1. The molecule has 8 heteroatoms. The maximum Gasteiger partial charge on any atom is 0.335 e. The maximum absolute atomic E-state index is 12.9. The molecule has 3 aromatic rings. The van der Waals surface area contributed by atoms with E-state index in [4.69, 9.17) is 4.74 Å². The number of halogens is 1. The molecule has 0 radical (unpaired) electrons. The zero-order valence-electron chi connectivity index (χ0n) is 16.8. The second-order valence-corrected chi connectivity index (χ2v) is 8.76. The number of rotatable bonds is 9. The number of carboxylic acids is 1. The molecule has 0 aliphatic carbocycles. The van der Waals surface area contributed by atoms with Gasteiger partial charge in [0.2, 0.25) is 10.0 Å². The lowest BCUT2D eigenvalue weighted by atomic mass is 10.1. The summed E-state index contributed by atoms with van der Waals surface area (Å²) in [5, 5.41) is 9.18. The van der Waals surface area contributed by atoms with Crippen LogP contribution in [0.5, 0.6) is 5.75 Å². The van der Waals surface area contributed by atoms with Crippen molar-refractivity contribution in [2.24, 2.45) is 0 Å². The van der Waals surface area contributed by atoms with Crippen molar-refractivity contribution in [3.05, 3.63) is 94.8 Å². The molecule has 0 aliphatic heterocycles. The highest BCUT2D eigenvalue weighted by Crippen LogP contribution is 2.17. The smallest absolute Gasteiger partial charge is 0.335 e. The zero-order valence-corrected chi connectivity index (χ0v) is 17.7. The second-order valence-electron chi connectivity index (χ2n) is 6.99. The first kappa shape index (κ1) is 22.5. The molecule has 0 bridgehead atoms. The predicted molar refractivity (Wildman–Crippen MR) is 114 cm³/mol. The lowest BCUT2D eigenvalue weighted by Gasteiger charge is -2.10. The molecule has 0 heterocycles. The number of sulfonamides is 1. The average molecular weight is 443 g/mol. The van der Waals surface area contributed by atoms with Crippen LogP contribution < -0.4 is 9.46 Å². The van der Waals surface area contributed by atoms with Crippen molar-refractivity contribution >= 4 is 16.0 Å². The lowest BCUT2D eigenvalue weighted by molar-refractivity contribution is 0.0696. The van der Waals surface area contributed by atoms with E-state index in [0.29, 0.717) is 24.3 Å². The normalized spacial score (nSPS) is 11.3. The Kier molecular flexibility index (Phi) is 7.04. The third-order valence-corrected chi connectivity index (χ3v) is 6.16. The molecule has 0 amide bonds. The molecule has 0 aromatic heterocycles. The molecule has 162 valence electrons. The van der Waals surface area contributed by atoms with E-state index in [2.05, 4.69) is 4.72 Å². The summed E-state index contributed by atoms with van der Waals surface area (Å²) in [5.41, 5.74) is 2.21. The highest BCUT2D eigenvalue weighted by atomic mass is 32.2. The second kappa shape index (κ2) is 9.72. The van der Waals surface area contributed by atoms with Gasteiger partial charge in [-0.05, 0) is 66.4 Å². The minimum Gasteiger partial charge on any atom is -0.489 e. The topological polar surface area (TPSA) is 92.7 Å². The molecule has 0 fully saturated rings. The van der Waals surface area contributed by atoms with Crippen molar-refractivity contribution in [2.45, 2.75) is 24.8 Å². The zero-order chi connectivity index (χ0) is 22.4. The Hall–Kier alpha value is -3.23. The first-order valence-electron chi connectivity index (χ1n) is 9.54. The molecule has 3 aromatic carbocycles. The summed E-state index contributed by atoms with van der Waals surface area (Å²) in [6, 6.07) is 17.3. The Morgan fingerprint density at radius 1 is 1.00 bits per heavy atom. The van der Waals surface area contributed by atoms with E-state index in [1.54, 1.807) is 31.2 Å². The van der Waals surface area contributed by atoms with Gasteiger partial charge >= 0.3 is 5.97 Å². The fraction of sp³-hybridized carbons (Fsp3) is 0.174. The number of nitrogens with one attached hydrogen (secondary N) is 1. The van der Waals surface area contributed by atoms with Crippen LogP contribution in [-0.4, -0.2) is 26.0 Å². The van der Waals surface area contributed by atoms with Crippen LogP contribution in [0.2, 0.25) is 0 Å². The van der Waals surface area contributed by atoms with Crippen molar-refractivity contribution in [1.29, 1.82) is 0 Å². The third kappa shape index (κ3) is 6.13. The van der Waals surface area contributed by atoms with Crippen LogP contribution in [0.3, 0.4) is 0 Å². The van der Waals surface area contributed by atoms with Crippen LogP contribution in [0, 0.1) is 12.7 Å². The van der Waals surface area contributed by atoms with Gasteiger partial charge in [0.1, 0.15) is 18.2 Å². The largest absolute Gasteiger partial charge is 0.489 e. The predicted octanol–water partition coefficient (Wildman–Crippen LogP) is 3.93. The summed E-state index contributed by atoms with van der Waals surface area (Å²) in [6.45, 7) is 2.09. The molecule has 0 spiro atoms. The van der Waals surface area contributed by atoms with Crippen LogP contribution in [0.15, 0.2) is 71.6 Å². The van der Waals surface area contributed by atoms with Gasteiger partial charge in [-0.25, -0.2) is 22.3 Å². The van der Waals surface area contributed by atoms with E-state index in [1.807, 2.05) is 12.1 Å². The molecule has 0 saturated carbocycles. The maximum atomic E-state index is 12.9. The van der Waals surface area contributed by atoms with E-state index in [0.717, 1.165) is 17.2 Å². The number of aryl methyl sites for hydroxylation is 1. The van der Waals surface area contributed by atoms with Gasteiger partial charge in [0.15, 0.2) is 0 Å². The number of carboxylic acid groups (broad SMARTS) is 1. The van der Waals surface area contributed by atoms with E-state index in [9.17, 15) is 22.7 Å². The summed E-state index contributed by atoms with van der Waals surface area (Å²) in [7, 11) is -3.82. The molecular formula is C23H22FNO5S. The molecule has 0 saturated heterocycles. The van der Waals surface area contributed by atoms with Crippen molar-refractivity contribution in [3.8, 4) is 5.75 Å². The number of benzene rings is 3. The summed E-state index contributed by atoms with van der Waals surface area (Å²) in [5.74, 6) is -0.820. The van der Waals surface area contributed by atoms with Crippen molar-refractivity contribution in [1.82, 2.24) is 4.72 Å². The van der Waals surface area contributed by atoms with E-state index in [-0.39, 0.29) is 22.8 Å². The first-order valence-corrected chi connectivity index (χ1v) is 11.0. The summed E-state index contributed by atoms with van der Waals surface area (Å²) < 4.78 is 46.0. The van der Waals surface area contributed by atoms with Crippen LogP contribution in [-0.2, 0) is 23.1 Å². The van der Waals surface area contributed by atoms with Gasteiger partial charge in [0.25, 0.3) is 0 Å². The van der Waals surface area contributed by atoms with Crippen LogP contribution in [0.25, 0.3) is 0 Å². The first-order chi connectivity index (χ1) is 14.7. The molecular weight excluding hydrogens is 421 g/mol. The highest BCUT2D eigenvalue weighted by Gasteiger charge is 2.17. The van der Waals surface area contributed by atoms with Gasteiger partial charge < -0.3 is 9.84 Å². The van der Waals surface area contributed by atoms with Crippen molar-refractivity contribution in [3.63, 3.8) is 0 Å². The Balaban J connectivity index is 1.53. The van der Waals surface area contributed by atoms with Gasteiger partial charge in [-0.3, -0.25) is 0 Å². The number of hydrogen-bond acceptors (Lipinski definition) is 4. The van der Waals surface area contributed by atoms with Crippen LogP contribution >= 0.6 is 0 Å². The number of ether oxygens (including phenoxy) is 1. The van der Waals surface area contributed by atoms with E-state index in [1.165, 1.54) is 24.3 Å². The van der Waals surface area contributed by atoms with Gasteiger partial charge in [0, 0.05) is 6.54 Å². The van der Waals surface area contributed by atoms with Crippen molar-refractivity contribution < 1.29 is 27.4 Å². The monoisotopic (exact) mass is 443 g/mol. The number of aromatic carboxylic acids is 1. The lowest BCUT2D eigenvalue weighted by Crippen LogP contribution is -2.26. The SMILES string of the molecule is Cc1ccc(S(=O)(=O)NCCc2ccc(OCc3ccc(F)cc3)cc2)cc1C(=O)O. The molecule has 3 rings (SSSR count). The third-order valence-electron chi connectivity index (χ3n) is 4.70. The molecule has 0 aliphatic rings. The highest BCUT2D eigenvalue weighted by molar-refractivity contribution is 7.89. The Morgan fingerprint density at radius 3 is 2.29 bits per heavy atom. The number of carbonyl (C=O) groups is 1. The molecule has 2 N–H and O–H groups in total. The van der Waals surface area contributed by atoms with Crippen LogP contribution in [0.4, 0.5) is 4.39 Å². The fourth-order valence-corrected chi connectivity index (χ4v) is 3.97. The molecule has 31 heavy (non-hydrogen) atoms. The van der Waals surface area contributed by atoms with Gasteiger partial charge in [-0.2, -0.15) is 0 Å². The quantitative estimate of drug-likeness (QED) is 0.523. The minimum atomic E-state index is -3.82. The van der Waals surface area contributed by atoms with Crippen molar-refractivity contribution in [2.75, 3.05) is 6.54 Å². The summed E-state index contributed by atoms with van der Waals surface area (Å²) in [6.07, 6.45) is 0.453. The number of hydrogen-bond donors (Lipinski definition) is 2. The van der Waals surface area contributed by atoms with E-state index < -0.39 is 16.0 Å². The van der Waals surface area contributed by atoms with Gasteiger partial charge in [-0.1, -0.05) is 30.3 Å². The van der Waals surface area contributed by atoms with Gasteiger partial charge in [0.05, 0.1) is 10.5 Å². The Bertz CT molecular complexity index is 1160. The fourth-order valence-electron chi connectivity index (χ4n) is 2.91. The van der Waals surface area contributed by atoms with E-state index >= 15 is 0 Å². The molecule has 6 nitrogen and oxygen atoms in total. The molecule has 0 unspecified atom stereocenters. The standard InChI is InChI=1S/C23H22FNO5S/c1-16-2-11-21(14-22(16)23(26)27)31(28,29)25-13-12-17-5-9-20(10-6-17)30-15-18-3-7-19(24)8-4-18/h2-11,14,25H,12-13,15H2,1H3,(H,26,27). The Labute approximate surface area is 180 Å². The Morgan fingerprint density at radius 2 is 1.65 bits per heavy atom. The van der Waals surface area contributed by atoms with Crippen LogP contribution in [0.1, 0.15) is 27.0 Å².